The summed E-state index contributed by atoms with van der Waals surface area (Å²) in [7, 11) is 3.55. The number of carbonyl (C=O) groups excluding carboxylic acids is 3. The zero-order valence-electron chi connectivity index (χ0n) is 23.7. The molecule has 39 heavy (non-hydrogen) atoms. The van der Waals surface area contributed by atoms with Crippen LogP contribution < -0.4 is 9.64 Å². The van der Waals surface area contributed by atoms with Gasteiger partial charge < -0.3 is 9.47 Å². The summed E-state index contributed by atoms with van der Waals surface area (Å²) >= 11 is 0. The maximum absolute atomic E-state index is 13.6. The number of anilines is 1. The maximum atomic E-state index is 13.6. The summed E-state index contributed by atoms with van der Waals surface area (Å²) in [6, 6.07) is 12.2. The molecule has 0 N–H and O–H groups in total. The number of carbonyl (C=O) groups is 1. The average molecular weight is 531 g/mol. The van der Waals surface area contributed by atoms with E-state index >= 15 is 0 Å². The Hall–Kier alpha value is -4.49. The Labute approximate surface area is 228 Å². The van der Waals surface area contributed by atoms with E-state index in [4.69, 9.17) is 19.1 Å². The van der Waals surface area contributed by atoms with Crippen LogP contribution in [0.25, 0.3) is 22.0 Å². The van der Waals surface area contributed by atoms with Crippen LogP contribution in [0.4, 0.5) is 10.5 Å². The molecule has 2 heterocycles. The molecule has 0 bridgehead atoms. The van der Waals surface area contributed by atoms with E-state index < -0.39 is 11.7 Å². The van der Waals surface area contributed by atoms with Gasteiger partial charge in [0.15, 0.2) is 0 Å². The second-order valence-electron chi connectivity index (χ2n) is 10.2. The third-order valence-corrected chi connectivity index (χ3v) is 6.27. The third kappa shape index (κ3) is 6.51. The number of amides is 1. The fourth-order valence-electron chi connectivity index (χ4n) is 4.45. The van der Waals surface area contributed by atoms with Gasteiger partial charge in [0.2, 0.25) is 0 Å². The van der Waals surface area contributed by atoms with Crippen molar-refractivity contribution in [1.82, 2.24) is 14.8 Å². The average Bonchev–Trinajstić information content (AvgIpc) is 3.24. The number of methoxy groups -OCH3 is 1. The van der Waals surface area contributed by atoms with Crippen molar-refractivity contribution in [2.75, 3.05) is 12.0 Å². The molecule has 9 heteroatoms. The van der Waals surface area contributed by atoms with Crippen molar-refractivity contribution in [3.8, 4) is 16.9 Å². The van der Waals surface area contributed by atoms with Crippen LogP contribution in [-0.4, -0.2) is 39.7 Å². The summed E-state index contributed by atoms with van der Waals surface area (Å²) in [6.07, 6.45) is 3.45. The molecule has 0 spiro atoms. The molecule has 1 amide bonds. The van der Waals surface area contributed by atoms with E-state index in [0.29, 0.717) is 5.69 Å². The predicted octanol–water partition coefficient (Wildman–Crippen LogP) is 5.93. The number of nitrogens with zero attached hydrogens (tertiary/aromatic N) is 4. The van der Waals surface area contributed by atoms with Gasteiger partial charge in [0.25, 0.3) is 0 Å². The maximum Gasteiger partial charge on any atom is 0.415 e. The van der Waals surface area contributed by atoms with Crippen molar-refractivity contribution < 1.29 is 23.9 Å². The SMILES string of the molecule is COc1c(C)cnc(CN(C(=O)OC(C)(C)C)c2cc(-c3ccccc3C)c3cnn(C)c3c2)c1C.O=C=O. The van der Waals surface area contributed by atoms with Crippen LogP contribution in [0.3, 0.4) is 0 Å². The van der Waals surface area contributed by atoms with Gasteiger partial charge in [0.05, 0.1) is 36.7 Å². The number of aromatic nitrogens is 3. The highest BCUT2D eigenvalue weighted by Crippen LogP contribution is 2.36. The first-order valence-corrected chi connectivity index (χ1v) is 12.4. The molecule has 0 atom stereocenters. The molecule has 2 aromatic carbocycles. The van der Waals surface area contributed by atoms with Crippen molar-refractivity contribution in [2.45, 2.75) is 53.7 Å². The third-order valence-electron chi connectivity index (χ3n) is 6.27. The number of fused-ring (bicyclic) bond motifs is 1. The molecule has 0 unspecified atom stereocenters. The molecule has 0 saturated heterocycles. The van der Waals surface area contributed by atoms with E-state index in [1.54, 1.807) is 18.2 Å². The zero-order valence-corrected chi connectivity index (χ0v) is 23.7. The summed E-state index contributed by atoms with van der Waals surface area (Å²) in [4.78, 5) is 36.1. The van der Waals surface area contributed by atoms with Gasteiger partial charge in [-0.15, -0.1) is 0 Å². The smallest absolute Gasteiger partial charge is 0.415 e. The molecule has 0 aliphatic heterocycles. The van der Waals surface area contributed by atoms with E-state index in [2.05, 4.69) is 29.1 Å². The van der Waals surface area contributed by atoms with Crippen molar-refractivity contribution in [1.29, 1.82) is 0 Å². The summed E-state index contributed by atoms with van der Waals surface area (Å²) in [6.45, 7) is 11.8. The minimum Gasteiger partial charge on any atom is -0.496 e. The molecule has 0 radical (unpaired) electrons. The van der Waals surface area contributed by atoms with Crippen LogP contribution in [0.1, 0.15) is 43.2 Å². The standard InChI is InChI=1S/C29H34N4O3.CO2/c1-18-11-9-10-12-22(18)23-13-21(14-26-24(23)16-31-32(26)7)33(28(34)36-29(4,5)6)17-25-20(3)27(35-8)19(2)15-30-25;2-1-3/h9-16H,17H2,1-8H3;. The Morgan fingerprint density at radius 2 is 1.69 bits per heavy atom. The molecule has 4 aromatic rings. The number of hydrogen-bond acceptors (Lipinski definition) is 7. The highest BCUT2D eigenvalue weighted by Gasteiger charge is 2.27. The molecular weight excluding hydrogens is 496 g/mol. The summed E-state index contributed by atoms with van der Waals surface area (Å²) < 4.78 is 13.3. The molecular formula is C30H34N4O5. The van der Waals surface area contributed by atoms with Gasteiger partial charge in [-0.05, 0) is 70.4 Å². The summed E-state index contributed by atoms with van der Waals surface area (Å²) in [5.74, 6) is 0.770. The molecule has 0 saturated carbocycles. The quantitative estimate of drug-likeness (QED) is 0.315. The normalized spacial score (nSPS) is 10.9. The summed E-state index contributed by atoms with van der Waals surface area (Å²) in [5, 5.41) is 5.52. The lowest BCUT2D eigenvalue weighted by atomic mass is 9.97. The van der Waals surface area contributed by atoms with Gasteiger partial charge in [-0.1, -0.05) is 24.3 Å². The molecule has 9 nitrogen and oxygen atoms in total. The largest absolute Gasteiger partial charge is 0.496 e. The Morgan fingerprint density at radius 1 is 1.03 bits per heavy atom. The lowest BCUT2D eigenvalue weighted by molar-refractivity contribution is -0.191. The van der Waals surface area contributed by atoms with Gasteiger partial charge >= 0.3 is 12.2 Å². The number of pyridine rings is 1. The fourth-order valence-corrected chi connectivity index (χ4v) is 4.45. The monoisotopic (exact) mass is 530 g/mol. The van der Waals surface area contributed by atoms with E-state index in [0.717, 1.165) is 50.2 Å². The second-order valence-corrected chi connectivity index (χ2v) is 10.2. The van der Waals surface area contributed by atoms with Gasteiger partial charge in [0, 0.05) is 29.8 Å². The lowest BCUT2D eigenvalue weighted by Gasteiger charge is -2.28. The molecule has 4 rings (SSSR count). The van der Waals surface area contributed by atoms with Crippen LogP contribution >= 0.6 is 0 Å². The molecule has 0 aliphatic carbocycles. The molecule has 0 fully saturated rings. The van der Waals surface area contributed by atoms with E-state index in [9.17, 15) is 4.79 Å². The first kappa shape index (κ1) is 29.1. The topological polar surface area (TPSA) is 104 Å². The second kappa shape index (κ2) is 11.9. The van der Waals surface area contributed by atoms with Gasteiger partial charge in [-0.2, -0.15) is 14.7 Å². The fraction of sp³-hybridized carbons (Fsp3) is 0.333. The van der Waals surface area contributed by atoms with Gasteiger partial charge in [-0.3, -0.25) is 14.6 Å². The number of aryl methyl sites for hydroxylation is 3. The minimum absolute atomic E-state index is 0.230. The first-order chi connectivity index (χ1) is 18.4. The van der Waals surface area contributed by atoms with Crippen LogP contribution in [0.2, 0.25) is 0 Å². The van der Waals surface area contributed by atoms with Crippen LogP contribution in [-0.2, 0) is 27.9 Å². The Balaban J connectivity index is 0.00000134. The van der Waals surface area contributed by atoms with Crippen molar-refractivity contribution in [2.24, 2.45) is 7.05 Å². The highest BCUT2D eigenvalue weighted by atomic mass is 16.6. The minimum atomic E-state index is -0.655. The first-order valence-electron chi connectivity index (χ1n) is 12.4. The van der Waals surface area contributed by atoms with Crippen molar-refractivity contribution >= 4 is 28.8 Å². The number of rotatable bonds is 5. The zero-order chi connectivity index (χ0) is 28.9. The predicted molar refractivity (Wildman–Crippen MR) is 149 cm³/mol. The van der Waals surface area contributed by atoms with Crippen LogP contribution in [0.15, 0.2) is 48.8 Å². The van der Waals surface area contributed by atoms with Gasteiger partial charge in [0.1, 0.15) is 11.4 Å². The van der Waals surface area contributed by atoms with Crippen molar-refractivity contribution in [3.63, 3.8) is 0 Å². The van der Waals surface area contributed by atoms with E-state index in [1.807, 2.05) is 76.8 Å². The molecule has 2 aromatic heterocycles. The number of benzene rings is 2. The van der Waals surface area contributed by atoms with Crippen molar-refractivity contribution in [3.05, 3.63) is 71.2 Å². The Bertz CT molecular complexity index is 1530. The van der Waals surface area contributed by atoms with Crippen LogP contribution in [0.5, 0.6) is 5.75 Å². The van der Waals surface area contributed by atoms with Crippen LogP contribution in [0, 0.1) is 20.8 Å². The van der Waals surface area contributed by atoms with E-state index in [1.165, 1.54) is 0 Å². The molecule has 0 aliphatic rings. The number of ether oxygens (including phenoxy) is 2. The molecule has 204 valence electrons. The van der Waals surface area contributed by atoms with Gasteiger partial charge in [-0.25, -0.2) is 4.79 Å². The Morgan fingerprint density at radius 3 is 2.31 bits per heavy atom. The summed E-state index contributed by atoms with van der Waals surface area (Å²) in [5.41, 5.74) is 6.80. The lowest BCUT2D eigenvalue weighted by Crippen LogP contribution is -2.37. The Kier molecular flexibility index (Phi) is 8.89. The van der Waals surface area contributed by atoms with E-state index in [-0.39, 0.29) is 12.7 Å². The number of hydrogen-bond donors (Lipinski definition) is 0. The highest BCUT2D eigenvalue weighted by molar-refractivity contribution is 6.00.